The molecule has 1 aromatic heterocycles. The van der Waals surface area contributed by atoms with Crippen LogP contribution in [0.25, 0.3) is 0 Å². The molecule has 108 valence electrons. The Morgan fingerprint density at radius 1 is 1.15 bits per heavy atom. The quantitative estimate of drug-likeness (QED) is 0.739. The van der Waals surface area contributed by atoms with Gasteiger partial charge in [0, 0.05) is 5.56 Å². The molecule has 2 N–H and O–H groups in total. The van der Waals surface area contributed by atoms with Crippen LogP contribution < -0.4 is 5.73 Å². The average Bonchev–Trinajstić information content (AvgIpc) is 2.66. The van der Waals surface area contributed by atoms with Gasteiger partial charge < -0.3 is 5.73 Å². The van der Waals surface area contributed by atoms with Crippen LogP contribution in [-0.2, 0) is 6.18 Å². The maximum absolute atomic E-state index is 13.2. The van der Waals surface area contributed by atoms with Gasteiger partial charge in [0.2, 0.25) is 0 Å². The van der Waals surface area contributed by atoms with Crippen molar-refractivity contribution in [2.24, 2.45) is 5.73 Å². The predicted octanol–water partition coefficient (Wildman–Crippen LogP) is 5.26. The zero-order valence-corrected chi connectivity index (χ0v) is 12.0. The molecule has 0 fully saturated rings. The Bertz CT molecular complexity index is 639. The van der Waals surface area contributed by atoms with Crippen molar-refractivity contribution in [1.29, 1.82) is 0 Å². The van der Waals surface area contributed by atoms with Gasteiger partial charge in [-0.05, 0) is 23.8 Å². The molecule has 0 amide bonds. The van der Waals surface area contributed by atoms with Gasteiger partial charge in [-0.2, -0.15) is 13.2 Å². The van der Waals surface area contributed by atoms with Gasteiger partial charge in [0.25, 0.3) is 0 Å². The van der Waals surface area contributed by atoms with Crippen LogP contribution in [0.5, 0.6) is 0 Å². The number of thiophene rings is 1. The molecule has 1 heterocycles. The van der Waals surface area contributed by atoms with E-state index in [1.54, 1.807) is 0 Å². The van der Waals surface area contributed by atoms with E-state index in [1.165, 1.54) is 12.1 Å². The minimum Gasteiger partial charge on any atom is -0.320 e. The van der Waals surface area contributed by atoms with Crippen molar-refractivity contribution in [3.05, 3.63) is 55.4 Å². The Morgan fingerprint density at radius 3 is 2.30 bits per heavy atom. The van der Waals surface area contributed by atoms with E-state index in [9.17, 15) is 17.6 Å². The van der Waals surface area contributed by atoms with E-state index < -0.39 is 23.6 Å². The van der Waals surface area contributed by atoms with Crippen LogP contribution >= 0.6 is 34.5 Å². The van der Waals surface area contributed by atoms with Gasteiger partial charge >= 0.3 is 6.18 Å². The lowest BCUT2D eigenvalue weighted by Crippen LogP contribution is -2.14. The topological polar surface area (TPSA) is 26.0 Å². The summed E-state index contributed by atoms with van der Waals surface area (Å²) in [5.74, 6) is -1.34. The lowest BCUT2D eigenvalue weighted by atomic mass is 9.99. The van der Waals surface area contributed by atoms with Crippen LogP contribution in [0.15, 0.2) is 24.3 Å². The first-order chi connectivity index (χ1) is 9.20. The number of hydrogen-bond donors (Lipinski definition) is 1. The highest BCUT2D eigenvalue weighted by molar-refractivity contribution is 7.20. The van der Waals surface area contributed by atoms with Crippen LogP contribution in [0.2, 0.25) is 8.67 Å². The van der Waals surface area contributed by atoms with Crippen LogP contribution in [0.3, 0.4) is 0 Å². The average molecular weight is 344 g/mol. The van der Waals surface area contributed by atoms with Crippen molar-refractivity contribution >= 4 is 34.5 Å². The molecule has 2 aromatic rings. The maximum atomic E-state index is 13.2. The summed E-state index contributed by atoms with van der Waals surface area (Å²) in [7, 11) is 0. The standard InChI is InChI=1S/C12H7Cl2F4NS/c13-9-4-6(11(14)20-9)10(19)5-1-2-8(15)7(3-5)12(16,17)18/h1-4,10H,19H2. The molecule has 1 nitrogen and oxygen atoms in total. The van der Waals surface area contributed by atoms with Crippen molar-refractivity contribution in [3.8, 4) is 0 Å². The van der Waals surface area contributed by atoms with Crippen LogP contribution in [0.1, 0.15) is 22.7 Å². The third-order valence-electron chi connectivity index (χ3n) is 2.67. The number of alkyl halides is 3. The highest BCUT2D eigenvalue weighted by Crippen LogP contribution is 2.38. The first-order valence-electron chi connectivity index (χ1n) is 5.27. The highest BCUT2D eigenvalue weighted by Gasteiger charge is 2.34. The zero-order valence-electron chi connectivity index (χ0n) is 9.64. The summed E-state index contributed by atoms with van der Waals surface area (Å²) in [4.78, 5) is 0. The normalized spacial score (nSPS) is 13.6. The molecule has 0 bridgehead atoms. The lowest BCUT2D eigenvalue weighted by molar-refractivity contribution is -0.140. The first-order valence-corrected chi connectivity index (χ1v) is 6.84. The van der Waals surface area contributed by atoms with E-state index in [4.69, 9.17) is 28.9 Å². The Labute approximate surface area is 125 Å². The van der Waals surface area contributed by atoms with Gasteiger partial charge in [0.05, 0.1) is 20.3 Å². The Kier molecular flexibility index (Phi) is 4.30. The summed E-state index contributed by atoms with van der Waals surface area (Å²) in [6, 6.07) is 3.18. The van der Waals surface area contributed by atoms with Crippen LogP contribution in [-0.4, -0.2) is 0 Å². The minimum atomic E-state index is -4.78. The molecule has 1 unspecified atom stereocenters. The smallest absolute Gasteiger partial charge is 0.320 e. The molecule has 0 spiro atoms. The van der Waals surface area contributed by atoms with Gasteiger partial charge in [0.15, 0.2) is 0 Å². The molecule has 1 atom stereocenters. The van der Waals surface area contributed by atoms with E-state index in [0.29, 0.717) is 20.3 Å². The third-order valence-corrected chi connectivity index (χ3v) is 4.19. The molecule has 0 saturated carbocycles. The van der Waals surface area contributed by atoms with Gasteiger partial charge in [-0.25, -0.2) is 4.39 Å². The van der Waals surface area contributed by atoms with Crippen molar-refractivity contribution in [2.45, 2.75) is 12.2 Å². The summed E-state index contributed by atoms with van der Waals surface area (Å²) >= 11 is 12.7. The maximum Gasteiger partial charge on any atom is 0.419 e. The molecule has 1 aromatic carbocycles. The first kappa shape index (κ1) is 15.6. The fourth-order valence-corrected chi connectivity index (χ4v) is 3.25. The molecule has 20 heavy (non-hydrogen) atoms. The largest absolute Gasteiger partial charge is 0.419 e. The monoisotopic (exact) mass is 343 g/mol. The zero-order chi connectivity index (χ0) is 15.1. The molecular formula is C12H7Cl2F4NS. The highest BCUT2D eigenvalue weighted by atomic mass is 35.5. The summed E-state index contributed by atoms with van der Waals surface area (Å²) in [6.07, 6.45) is -4.78. The Balaban J connectivity index is 2.46. The van der Waals surface area contributed by atoms with E-state index in [1.807, 2.05) is 0 Å². The van der Waals surface area contributed by atoms with E-state index in [0.717, 1.165) is 17.4 Å². The molecule has 2 rings (SSSR count). The summed E-state index contributed by atoms with van der Waals surface area (Å²) in [6.45, 7) is 0. The number of halogens is 6. The van der Waals surface area contributed by atoms with Crippen molar-refractivity contribution in [2.75, 3.05) is 0 Å². The SMILES string of the molecule is NC(c1ccc(F)c(C(F)(F)F)c1)c1cc(Cl)sc1Cl. The summed E-state index contributed by atoms with van der Waals surface area (Å²) < 4.78 is 51.8. The van der Waals surface area contributed by atoms with Crippen molar-refractivity contribution < 1.29 is 17.6 Å². The van der Waals surface area contributed by atoms with Gasteiger partial charge in [-0.15, -0.1) is 11.3 Å². The van der Waals surface area contributed by atoms with Crippen LogP contribution in [0, 0.1) is 5.82 Å². The number of benzene rings is 1. The fourth-order valence-electron chi connectivity index (χ4n) is 1.70. The second-order valence-electron chi connectivity index (χ2n) is 3.99. The lowest BCUT2D eigenvalue weighted by Gasteiger charge is -2.15. The van der Waals surface area contributed by atoms with Crippen molar-refractivity contribution in [1.82, 2.24) is 0 Å². The predicted molar refractivity (Wildman–Crippen MR) is 71.8 cm³/mol. The Morgan fingerprint density at radius 2 is 1.80 bits per heavy atom. The molecule has 0 aliphatic carbocycles. The van der Waals surface area contributed by atoms with E-state index in [-0.39, 0.29) is 5.56 Å². The number of nitrogens with two attached hydrogens (primary N) is 1. The van der Waals surface area contributed by atoms with E-state index in [2.05, 4.69) is 0 Å². The molecule has 0 radical (unpaired) electrons. The molecule has 0 aliphatic rings. The fraction of sp³-hybridized carbons (Fsp3) is 0.167. The van der Waals surface area contributed by atoms with Gasteiger partial charge in [0.1, 0.15) is 5.82 Å². The second kappa shape index (κ2) is 5.52. The number of rotatable bonds is 2. The van der Waals surface area contributed by atoms with Gasteiger partial charge in [-0.1, -0.05) is 29.3 Å². The molecule has 0 saturated heterocycles. The Hall–Kier alpha value is -0.820. The van der Waals surface area contributed by atoms with Crippen LogP contribution in [0.4, 0.5) is 17.6 Å². The summed E-state index contributed by atoms with van der Waals surface area (Å²) in [5, 5.41) is 0. The summed E-state index contributed by atoms with van der Waals surface area (Å²) in [5.41, 5.74) is 5.02. The third kappa shape index (κ3) is 3.09. The number of hydrogen-bond acceptors (Lipinski definition) is 2. The van der Waals surface area contributed by atoms with E-state index >= 15 is 0 Å². The van der Waals surface area contributed by atoms with Gasteiger partial charge in [-0.3, -0.25) is 0 Å². The molecular weight excluding hydrogens is 337 g/mol. The van der Waals surface area contributed by atoms with Crippen molar-refractivity contribution in [3.63, 3.8) is 0 Å². The second-order valence-corrected chi connectivity index (χ2v) is 6.28. The molecule has 0 aliphatic heterocycles. The molecule has 8 heteroatoms. The minimum absolute atomic E-state index is 0.107.